The molecule has 0 aromatic carbocycles. The monoisotopic (exact) mass is 361 g/mol. The minimum atomic E-state index is -0.341. The van der Waals surface area contributed by atoms with E-state index in [2.05, 4.69) is 20.4 Å². The maximum atomic E-state index is 12.3. The van der Waals surface area contributed by atoms with Crippen LogP contribution < -0.4 is 10.9 Å². The molecule has 0 unspecified atom stereocenters. The Morgan fingerprint density at radius 1 is 1.20 bits per heavy atom. The van der Waals surface area contributed by atoms with Crippen molar-refractivity contribution in [2.24, 2.45) is 0 Å². The van der Waals surface area contributed by atoms with Gasteiger partial charge in [0.25, 0.3) is 17.4 Å². The fourth-order valence-electron chi connectivity index (χ4n) is 2.62. The minimum absolute atomic E-state index is 0.0899. The number of amides is 2. The van der Waals surface area contributed by atoms with Crippen LogP contribution in [-0.2, 0) is 0 Å². The Morgan fingerprint density at radius 3 is 2.64 bits per heavy atom. The summed E-state index contributed by atoms with van der Waals surface area (Å²) in [5.41, 5.74) is -0.155. The number of rotatable bonds is 5. The van der Waals surface area contributed by atoms with E-state index in [0.29, 0.717) is 26.2 Å². The smallest absolute Gasteiger partial charge is 0.271 e. The molecule has 1 saturated heterocycles. The molecule has 1 fully saturated rings. The molecule has 0 atom stereocenters. The van der Waals surface area contributed by atoms with Crippen LogP contribution in [0.1, 0.15) is 20.2 Å². The van der Waals surface area contributed by atoms with Crippen molar-refractivity contribution in [1.82, 2.24) is 25.3 Å². The van der Waals surface area contributed by atoms with Crippen LogP contribution in [-0.4, -0.2) is 71.1 Å². The normalized spacial score (nSPS) is 15.1. The number of nitrogens with one attached hydrogen (secondary N) is 2. The summed E-state index contributed by atoms with van der Waals surface area (Å²) in [7, 11) is 0. The summed E-state index contributed by atoms with van der Waals surface area (Å²) in [6.45, 7) is 4.13. The summed E-state index contributed by atoms with van der Waals surface area (Å²) in [5.74, 6) is -0.227. The van der Waals surface area contributed by atoms with Gasteiger partial charge < -0.3 is 10.2 Å². The third-order valence-corrected chi connectivity index (χ3v) is 4.87. The van der Waals surface area contributed by atoms with E-state index in [9.17, 15) is 14.4 Å². The average Bonchev–Trinajstić information content (AvgIpc) is 3.17. The van der Waals surface area contributed by atoms with Crippen LogP contribution >= 0.6 is 11.3 Å². The lowest BCUT2D eigenvalue weighted by Gasteiger charge is -2.34. The first-order chi connectivity index (χ1) is 12.1. The van der Waals surface area contributed by atoms with Gasteiger partial charge in [0.15, 0.2) is 0 Å². The second kappa shape index (κ2) is 8.04. The van der Waals surface area contributed by atoms with Gasteiger partial charge in [-0.3, -0.25) is 19.3 Å². The Labute approximate surface area is 148 Å². The van der Waals surface area contributed by atoms with Gasteiger partial charge in [0, 0.05) is 45.3 Å². The fourth-order valence-corrected chi connectivity index (χ4v) is 3.31. The van der Waals surface area contributed by atoms with Crippen molar-refractivity contribution in [1.29, 1.82) is 0 Å². The molecule has 2 aromatic heterocycles. The first-order valence-corrected chi connectivity index (χ1v) is 8.90. The largest absolute Gasteiger partial charge is 0.349 e. The molecule has 0 aliphatic carbocycles. The van der Waals surface area contributed by atoms with Crippen LogP contribution in [0.3, 0.4) is 0 Å². The first-order valence-electron chi connectivity index (χ1n) is 8.02. The van der Waals surface area contributed by atoms with Crippen LogP contribution in [0.2, 0.25) is 0 Å². The maximum absolute atomic E-state index is 12.3. The van der Waals surface area contributed by atoms with Crippen LogP contribution in [0.15, 0.2) is 34.4 Å². The number of hydrogen-bond acceptors (Lipinski definition) is 6. The molecule has 0 spiro atoms. The van der Waals surface area contributed by atoms with E-state index < -0.39 is 0 Å². The zero-order chi connectivity index (χ0) is 17.6. The lowest BCUT2D eigenvalue weighted by molar-refractivity contribution is 0.0642. The summed E-state index contributed by atoms with van der Waals surface area (Å²) in [4.78, 5) is 40.0. The van der Waals surface area contributed by atoms with Gasteiger partial charge in [-0.1, -0.05) is 6.07 Å². The van der Waals surface area contributed by atoms with Crippen LogP contribution in [0.25, 0.3) is 0 Å². The molecule has 0 saturated carbocycles. The number of carbonyl (C=O) groups is 2. The lowest BCUT2D eigenvalue weighted by Crippen LogP contribution is -2.50. The van der Waals surface area contributed by atoms with Crippen molar-refractivity contribution in [2.45, 2.75) is 0 Å². The van der Waals surface area contributed by atoms with Crippen LogP contribution in [0.4, 0.5) is 0 Å². The lowest BCUT2D eigenvalue weighted by atomic mass is 10.3. The van der Waals surface area contributed by atoms with E-state index in [1.165, 1.54) is 23.5 Å². The highest BCUT2D eigenvalue weighted by Crippen LogP contribution is 2.13. The Hall–Kier alpha value is -2.52. The van der Waals surface area contributed by atoms with E-state index in [-0.39, 0.29) is 23.1 Å². The van der Waals surface area contributed by atoms with Crippen molar-refractivity contribution in [3.63, 3.8) is 0 Å². The topological polar surface area (TPSA) is 98.4 Å². The molecule has 25 heavy (non-hydrogen) atoms. The molecule has 0 radical (unpaired) electrons. The second-order valence-electron chi connectivity index (χ2n) is 5.67. The number of thiophene rings is 1. The molecule has 3 heterocycles. The fraction of sp³-hybridized carbons (Fsp3) is 0.375. The zero-order valence-corrected chi connectivity index (χ0v) is 14.4. The molecule has 2 amide bonds. The molecule has 2 aromatic rings. The Bertz CT molecular complexity index is 761. The molecule has 3 rings (SSSR count). The number of H-pyrrole nitrogens is 1. The van der Waals surface area contributed by atoms with E-state index >= 15 is 0 Å². The zero-order valence-electron chi connectivity index (χ0n) is 13.6. The summed E-state index contributed by atoms with van der Waals surface area (Å²) >= 11 is 1.46. The molecule has 132 valence electrons. The van der Waals surface area contributed by atoms with Gasteiger partial charge in [0.05, 0.1) is 4.88 Å². The quantitative estimate of drug-likeness (QED) is 0.782. The van der Waals surface area contributed by atoms with Crippen molar-refractivity contribution in [3.8, 4) is 0 Å². The van der Waals surface area contributed by atoms with Crippen LogP contribution in [0.5, 0.6) is 0 Å². The van der Waals surface area contributed by atoms with E-state index in [4.69, 9.17) is 0 Å². The standard InChI is InChI=1S/C16H19N5O3S/c22-14-4-3-12(18-19-14)15(23)17-5-6-20-7-9-21(10-8-20)16(24)13-2-1-11-25-13/h1-4,11H,5-10H2,(H,17,23)(H,19,22). The van der Waals surface area contributed by atoms with Gasteiger partial charge >= 0.3 is 0 Å². The summed E-state index contributed by atoms with van der Waals surface area (Å²) in [6.07, 6.45) is 0. The van der Waals surface area contributed by atoms with Gasteiger partial charge in [0.1, 0.15) is 5.69 Å². The van der Waals surface area contributed by atoms with Crippen LogP contribution in [0, 0.1) is 0 Å². The molecule has 2 N–H and O–H groups in total. The predicted octanol–water partition coefficient (Wildman–Crippen LogP) is 0.0192. The molecule has 1 aliphatic heterocycles. The third-order valence-electron chi connectivity index (χ3n) is 4.02. The summed E-state index contributed by atoms with van der Waals surface area (Å²) in [5, 5.41) is 10.6. The second-order valence-corrected chi connectivity index (χ2v) is 6.62. The highest BCUT2D eigenvalue weighted by atomic mass is 32.1. The molecule has 1 aliphatic rings. The maximum Gasteiger partial charge on any atom is 0.271 e. The molecular formula is C16H19N5O3S. The SMILES string of the molecule is O=C(NCCN1CCN(C(=O)c2cccs2)CC1)c1ccc(=O)[nH]n1. The Kier molecular flexibility index (Phi) is 5.56. The number of carbonyl (C=O) groups excluding carboxylic acids is 2. The summed E-state index contributed by atoms with van der Waals surface area (Å²) in [6, 6.07) is 6.39. The number of piperazine rings is 1. The third kappa shape index (κ3) is 4.52. The Morgan fingerprint density at radius 2 is 2.00 bits per heavy atom. The van der Waals surface area contributed by atoms with Crippen molar-refractivity contribution in [3.05, 3.63) is 50.6 Å². The van der Waals surface area contributed by atoms with Gasteiger partial charge in [0.2, 0.25) is 0 Å². The van der Waals surface area contributed by atoms with E-state index in [0.717, 1.165) is 18.0 Å². The highest BCUT2D eigenvalue weighted by Gasteiger charge is 2.22. The van der Waals surface area contributed by atoms with E-state index in [1.807, 2.05) is 22.4 Å². The predicted molar refractivity (Wildman–Crippen MR) is 93.9 cm³/mol. The Balaban J connectivity index is 1.39. The molecule has 0 bridgehead atoms. The molecular weight excluding hydrogens is 342 g/mol. The van der Waals surface area contributed by atoms with Crippen molar-refractivity contribution in [2.75, 3.05) is 39.3 Å². The van der Waals surface area contributed by atoms with Gasteiger partial charge in [-0.15, -0.1) is 11.3 Å². The number of aromatic amines is 1. The highest BCUT2D eigenvalue weighted by molar-refractivity contribution is 7.12. The van der Waals surface area contributed by atoms with Gasteiger partial charge in [-0.2, -0.15) is 5.10 Å². The molecule has 9 heteroatoms. The van der Waals surface area contributed by atoms with Gasteiger partial charge in [-0.05, 0) is 17.5 Å². The van der Waals surface area contributed by atoms with Crippen molar-refractivity contribution >= 4 is 23.2 Å². The van der Waals surface area contributed by atoms with E-state index in [1.54, 1.807) is 0 Å². The number of aromatic nitrogens is 2. The minimum Gasteiger partial charge on any atom is -0.349 e. The summed E-state index contributed by atoms with van der Waals surface area (Å²) < 4.78 is 0. The number of hydrogen-bond donors (Lipinski definition) is 2. The van der Waals surface area contributed by atoms with Crippen molar-refractivity contribution < 1.29 is 9.59 Å². The van der Waals surface area contributed by atoms with Gasteiger partial charge in [-0.25, -0.2) is 5.10 Å². The number of nitrogens with zero attached hydrogens (tertiary/aromatic N) is 3. The first kappa shape index (κ1) is 17.3. The molecule has 8 nitrogen and oxygen atoms in total. The average molecular weight is 361 g/mol.